The van der Waals surface area contributed by atoms with Gasteiger partial charge in [0.1, 0.15) is 22.3 Å². The minimum Gasteiger partial charge on any atom is -0.456 e. The summed E-state index contributed by atoms with van der Waals surface area (Å²) in [5.41, 5.74) is 11.8. The summed E-state index contributed by atoms with van der Waals surface area (Å²) in [4.78, 5) is 73.9. The first-order valence-electron chi connectivity index (χ1n) is 32.2. The van der Waals surface area contributed by atoms with Crippen molar-refractivity contribution in [1.29, 1.82) is 0 Å². The van der Waals surface area contributed by atoms with Gasteiger partial charge in [-0.15, -0.1) is 0 Å². The Morgan fingerprint density at radius 1 is 0.214 bits per heavy atom. The highest BCUT2D eigenvalue weighted by atomic mass is 16.3. The van der Waals surface area contributed by atoms with Gasteiger partial charge in [0.05, 0.1) is 33.4 Å². The molecule has 458 valence electrons. The third kappa shape index (κ3) is 8.17. The average molecular weight is 1260 g/mol. The van der Waals surface area contributed by atoms with Crippen molar-refractivity contribution in [2.45, 2.75) is 0 Å². The lowest BCUT2D eigenvalue weighted by Gasteiger charge is -2.19. The first-order chi connectivity index (χ1) is 48.2. The van der Waals surface area contributed by atoms with E-state index < -0.39 is 0 Å². The van der Waals surface area contributed by atoms with Gasteiger partial charge in [-0.1, -0.05) is 133 Å². The first-order valence-corrected chi connectivity index (χ1v) is 32.2. The Balaban J connectivity index is 0.683. The molecule has 7 aromatic heterocycles. The molecule has 0 N–H and O–H groups in total. The van der Waals surface area contributed by atoms with Crippen molar-refractivity contribution in [3.63, 3.8) is 0 Å². The summed E-state index contributed by atoms with van der Waals surface area (Å²) in [6.45, 7) is 0. The fraction of sp³-hybridized carbons (Fsp3) is 0. The Bertz CT molecular complexity index is 6890. The second-order valence-corrected chi connectivity index (χ2v) is 24.8. The summed E-state index contributed by atoms with van der Waals surface area (Å²) in [6, 6.07) is 91.7. The third-order valence-electron chi connectivity index (χ3n) is 19.5. The number of pyridine rings is 4. The average Bonchev–Trinajstić information content (AvgIpc) is 0.732. The predicted molar refractivity (Wildman–Crippen MR) is 392 cm³/mol. The van der Waals surface area contributed by atoms with E-state index in [0.29, 0.717) is 100 Å². The number of rotatable bonds is 8. The Morgan fingerprint density at radius 2 is 0.531 bits per heavy atom. The maximum absolute atomic E-state index is 15.1. The van der Waals surface area contributed by atoms with E-state index in [1.54, 1.807) is 36.5 Å². The molecule has 0 spiro atoms. The second-order valence-electron chi connectivity index (χ2n) is 24.8. The molecule has 7 heterocycles. The largest absolute Gasteiger partial charge is 0.456 e. The van der Waals surface area contributed by atoms with Crippen LogP contribution in [0.3, 0.4) is 0 Å². The molecule has 0 aliphatic heterocycles. The SMILES string of the molecule is O=c1c2ccccc2c2ccccc2n1-c1ccc(-c2nc(-c3ccc(-c4ccc5oc6ccc(-n7c(=O)c8cccc9c(=O)n(-c%10ccc%11oc%12ccccc%12c%11c%10)c%10cccc7c%10c98)cc6c5c4)cc3)nc(-c3ccc(-n4c(=O)c5ccccc5c5ccccc54)cc3)n2)cc1. The molecule has 13 heteroatoms. The molecule has 20 aromatic rings. The molecule has 0 fully saturated rings. The van der Waals surface area contributed by atoms with Crippen LogP contribution in [0.25, 0.3) is 188 Å². The Hall–Kier alpha value is -13.7. The molecule has 98 heavy (non-hydrogen) atoms. The zero-order valence-corrected chi connectivity index (χ0v) is 51.7. The van der Waals surface area contributed by atoms with E-state index in [4.69, 9.17) is 23.8 Å². The molecular weight excluding hydrogens is 1210 g/mol. The van der Waals surface area contributed by atoms with Gasteiger partial charge in [0.2, 0.25) is 0 Å². The van der Waals surface area contributed by atoms with Crippen molar-refractivity contribution >= 4 is 120 Å². The summed E-state index contributed by atoms with van der Waals surface area (Å²) >= 11 is 0. The van der Waals surface area contributed by atoms with Crippen molar-refractivity contribution in [2.24, 2.45) is 0 Å². The smallest absolute Gasteiger partial charge is 0.263 e. The van der Waals surface area contributed by atoms with E-state index >= 15 is 4.79 Å². The molecule has 0 bridgehead atoms. The van der Waals surface area contributed by atoms with Crippen LogP contribution < -0.4 is 22.2 Å². The lowest BCUT2D eigenvalue weighted by atomic mass is 9.99. The monoisotopic (exact) mass is 1260 g/mol. The van der Waals surface area contributed by atoms with Crippen LogP contribution in [0.1, 0.15) is 0 Å². The lowest BCUT2D eigenvalue weighted by molar-refractivity contribution is 0.668. The topological polar surface area (TPSA) is 153 Å². The van der Waals surface area contributed by atoms with Crippen molar-refractivity contribution < 1.29 is 8.83 Å². The number of para-hydroxylation sites is 3. The van der Waals surface area contributed by atoms with Crippen molar-refractivity contribution in [3.8, 4) is 68.0 Å². The summed E-state index contributed by atoms with van der Waals surface area (Å²) < 4.78 is 19.7. The normalized spacial score (nSPS) is 12.0. The van der Waals surface area contributed by atoms with Gasteiger partial charge < -0.3 is 8.83 Å². The number of fused-ring (bicyclic) bond motifs is 12. The molecule has 0 atom stereocenters. The Labute approximate surface area is 553 Å². The number of aromatic nitrogens is 7. The molecule has 0 radical (unpaired) electrons. The predicted octanol–water partition coefficient (Wildman–Crippen LogP) is 18.5. The Morgan fingerprint density at radius 3 is 1.03 bits per heavy atom. The lowest BCUT2D eigenvalue weighted by Crippen LogP contribution is -2.24. The van der Waals surface area contributed by atoms with Gasteiger partial charge in [-0.2, -0.15) is 0 Å². The standard InChI is InChI=1S/C85H47N7O6/c93-82-62-18-3-1-13-57(62)59-15-5-8-22-69(59)89(82)53-36-31-50(32-37-53)80-86-79(87-81(88-80)51-33-38-54(39-34-51)90-70-23-9-6-16-60(70)58-14-2-4-19-63(58)83(90)94)49-29-27-48(28-30-49)52-35-42-74-66(45-52)68-47-56(41-44-76(68)98-74)92-72-25-12-24-71-78(72)77-64(20-11-21-65(77)85(92)96)84(95)91(71)55-40-43-75-67(46-55)61-17-7-10-26-73(61)97-75/h1-47H. The van der Waals surface area contributed by atoms with Crippen molar-refractivity contribution in [1.82, 2.24) is 33.2 Å². The second kappa shape index (κ2) is 20.9. The number of benzene rings is 13. The van der Waals surface area contributed by atoms with Crippen LogP contribution in [0.15, 0.2) is 313 Å². The maximum Gasteiger partial charge on any atom is 0.263 e. The number of hydrogen-bond donors (Lipinski definition) is 0. The third-order valence-corrected chi connectivity index (χ3v) is 19.5. The highest BCUT2D eigenvalue weighted by Crippen LogP contribution is 2.40. The summed E-state index contributed by atoms with van der Waals surface area (Å²) in [5, 5.41) is 10.9. The quantitative estimate of drug-likeness (QED) is 0.135. The molecular formula is C85H47N7O6. The van der Waals surface area contributed by atoms with Crippen LogP contribution in [-0.2, 0) is 0 Å². The molecule has 0 saturated carbocycles. The summed E-state index contributed by atoms with van der Waals surface area (Å²) in [7, 11) is 0. The molecule has 0 unspecified atom stereocenters. The molecule has 20 rings (SSSR count). The Kier molecular flexibility index (Phi) is 11.7. The summed E-state index contributed by atoms with van der Waals surface area (Å²) in [5.74, 6) is 1.29. The molecule has 13 nitrogen and oxygen atoms in total. The minimum absolute atomic E-state index is 0.115. The van der Waals surface area contributed by atoms with E-state index in [1.165, 1.54) is 0 Å². The molecule has 0 aliphatic carbocycles. The van der Waals surface area contributed by atoms with Crippen LogP contribution in [0.2, 0.25) is 0 Å². The van der Waals surface area contributed by atoms with Crippen LogP contribution in [0.5, 0.6) is 0 Å². The van der Waals surface area contributed by atoms with Crippen LogP contribution in [0.4, 0.5) is 0 Å². The van der Waals surface area contributed by atoms with Gasteiger partial charge in [0.25, 0.3) is 22.2 Å². The van der Waals surface area contributed by atoms with E-state index in [2.05, 4.69) is 6.07 Å². The van der Waals surface area contributed by atoms with Gasteiger partial charge in [0, 0.05) is 92.7 Å². The minimum atomic E-state index is -0.243. The fourth-order valence-electron chi connectivity index (χ4n) is 14.9. The number of nitrogens with zero attached hydrogens (tertiary/aromatic N) is 7. The zero-order chi connectivity index (χ0) is 65.0. The fourth-order valence-corrected chi connectivity index (χ4v) is 14.9. The van der Waals surface area contributed by atoms with Crippen molar-refractivity contribution in [2.75, 3.05) is 0 Å². The number of hydrogen-bond acceptors (Lipinski definition) is 9. The van der Waals surface area contributed by atoms with Crippen LogP contribution in [0, 0.1) is 0 Å². The van der Waals surface area contributed by atoms with E-state index in [-0.39, 0.29) is 22.2 Å². The first kappa shape index (κ1) is 54.9. The van der Waals surface area contributed by atoms with Gasteiger partial charge >= 0.3 is 0 Å². The van der Waals surface area contributed by atoms with Crippen LogP contribution in [-0.4, -0.2) is 33.2 Å². The zero-order valence-electron chi connectivity index (χ0n) is 51.7. The maximum atomic E-state index is 15.1. The molecule has 0 saturated heterocycles. The van der Waals surface area contributed by atoms with Gasteiger partial charge in [-0.05, 0) is 174 Å². The highest BCUT2D eigenvalue weighted by molar-refractivity contribution is 6.22. The van der Waals surface area contributed by atoms with E-state index in [0.717, 1.165) is 87.4 Å². The van der Waals surface area contributed by atoms with Gasteiger partial charge in [0.15, 0.2) is 17.5 Å². The van der Waals surface area contributed by atoms with E-state index in [1.807, 2.05) is 261 Å². The van der Waals surface area contributed by atoms with Crippen LogP contribution >= 0.6 is 0 Å². The summed E-state index contributed by atoms with van der Waals surface area (Å²) in [6.07, 6.45) is 0. The van der Waals surface area contributed by atoms with E-state index in [9.17, 15) is 14.4 Å². The van der Waals surface area contributed by atoms with Crippen molar-refractivity contribution in [3.05, 3.63) is 327 Å². The highest BCUT2D eigenvalue weighted by Gasteiger charge is 2.24. The molecule has 0 amide bonds. The number of furan rings is 2. The van der Waals surface area contributed by atoms with Gasteiger partial charge in [-0.25, -0.2) is 15.0 Å². The molecule has 0 aliphatic rings. The molecule has 13 aromatic carbocycles. The van der Waals surface area contributed by atoms with Gasteiger partial charge in [-0.3, -0.25) is 37.4 Å².